The van der Waals surface area contributed by atoms with E-state index in [1.807, 2.05) is 67.2 Å². The molecule has 12 nitrogen and oxygen atoms in total. The summed E-state index contributed by atoms with van der Waals surface area (Å²) >= 11 is 6.83. The van der Waals surface area contributed by atoms with Gasteiger partial charge in [-0.25, -0.2) is 14.4 Å². The Morgan fingerprint density at radius 3 is 2.61 bits per heavy atom. The van der Waals surface area contributed by atoms with Crippen LogP contribution in [0.2, 0.25) is 0 Å². The van der Waals surface area contributed by atoms with Gasteiger partial charge in [0, 0.05) is 87.1 Å². The summed E-state index contributed by atoms with van der Waals surface area (Å²) in [7, 11) is 1.89. The van der Waals surface area contributed by atoms with Gasteiger partial charge in [0.2, 0.25) is 5.82 Å². The molecule has 0 bridgehead atoms. The molecule has 5 heterocycles. The van der Waals surface area contributed by atoms with Crippen LogP contribution in [0, 0.1) is 18.8 Å². The number of hydrogen-bond donors (Lipinski definition) is 3. The second-order valence-electron chi connectivity index (χ2n) is 16.5. The predicted octanol–water partition coefficient (Wildman–Crippen LogP) is 7.48. The molecule has 1 saturated heterocycles. The summed E-state index contributed by atoms with van der Waals surface area (Å²) in [6.07, 6.45) is 9.79. The number of carboxylic acid groups (broad SMARTS) is 1. The average Bonchev–Trinajstić information content (AvgIpc) is 3.73. The third-order valence-corrected chi connectivity index (χ3v) is 12.7. The zero-order chi connectivity index (χ0) is 39.8. The molecule has 298 valence electrons. The van der Waals surface area contributed by atoms with E-state index in [-0.39, 0.29) is 11.8 Å². The Balaban J connectivity index is 0.938. The number of hydrogen-bond acceptors (Lipinski definition) is 9. The zero-order valence-corrected chi connectivity index (χ0v) is 33.7. The Labute approximate surface area is 338 Å². The van der Waals surface area contributed by atoms with Crippen molar-refractivity contribution in [2.75, 3.05) is 35.9 Å². The van der Waals surface area contributed by atoms with Gasteiger partial charge in [0.25, 0.3) is 0 Å². The third-order valence-electron chi connectivity index (χ3n) is 12.3. The molecule has 1 aliphatic carbocycles. The quantitative estimate of drug-likeness (QED) is 0.115. The van der Waals surface area contributed by atoms with E-state index in [0.29, 0.717) is 36.3 Å². The Kier molecular flexibility index (Phi) is 11.1. The summed E-state index contributed by atoms with van der Waals surface area (Å²) in [6.45, 7) is 8.70. The number of anilines is 3. The maximum Gasteiger partial charge on any atom is 0.308 e. The van der Waals surface area contributed by atoms with Crippen molar-refractivity contribution < 1.29 is 19.8 Å². The molecular formula is C44H51ClN8O4. The summed E-state index contributed by atoms with van der Waals surface area (Å²) in [5, 5.41) is 24.2. The van der Waals surface area contributed by atoms with Gasteiger partial charge in [-0.05, 0) is 117 Å². The first kappa shape index (κ1) is 39.0. The number of pyridine rings is 2. The molecule has 2 aromatic carbocycles. The first-order valence-corrected chi connectivity index (χ1v) is 20.4. The molecule has 1 amide bonds. The topological polar surface area (TPSA) is 140 Å². The number of aliphatic carboxylic acids is 1. The normalized spacial score (nSPS) is 21.4. The van der Waals surface area contributed by atoms with Crippen molar-refractivity contribution in [2.24, 2.45) is 18.9 Å². The number of nitrogens with one attached hydrogen (secondary N) is 1. The number of benzene rings is 2. The van der Waals surface area contributed by atoms with Gasteiger partial charge in [-0.3, -0.25) is 24.4 Å². The lowest BCUT2D eigenvalue weighted by molar-refractivity contribution is -0.143. The minimum absolute atomic E-state index is 0.190. The fourth-order valence-corrected chi connectivity index (χ4v) is 9.14. The SMILES string of the molecule is Cc1c(Nc2nccc3cc(CN4CCC(C)(O)C4)cnc23)cccc1-c1cccc(N(Cl)C(=O)c2nc3c(n2C)CCN(CCC2CCC(C(=O)O)CC2)C3)c1. The van der Waals surface area contributed by atoms with Crippen LogP contribution in [0.5, 0.6) is 0 Å². The van der Waals surface area contributed by atoms with E-state index < -0.39 is 11.6 Å². The summed E-state index contributed by atoms with van der Waals surface area (Å²) in [6, 6.07) is 17.8. The van der Waals surface area contributed by atoms with Gasteiger partial charge in [-0.1, -0.05) is 24.3 Å². The number of aromatic nitrogens is 4. The number of likely N-dealkylation sites (tertiary alicyclic amines) is 1. The molecule has 2 aliphatic heterocycles. The molecule has 5 aromatic rings. The maximum absolute atomic E-state index is 13.9. The van der Waals surface area contributed by atoms with Gasteiger partial charge in [-0.2, -0.15) is 0 Å². The first-order valence-electron chi connectivity index (χ1n) is 20.1. The van der Waals surface area contributed by atoms with Crippen LogP contribution in [0.25, 0.3) is 22.0 Å². The number of aliphatic hydroxyl groups is 1. The van der Waals surface area contributed by atoms with E-state index in [4.69, 9.17) is 21.7 Å². The lowest BCUT2D eigenvalue weighted by Crippen LogP contribution is -2.33. The predicted molar refractivity (Wildman–Crippen MR) is 223 cm³/mol. The Morgan fingerprint density at radius 2 is 1.84 bits per heavy atom. The number of β-amino-alcohol motifs (C(OH)–C–C–N with tert-alkyl or cyclic N) is 1. The van der Waals surface area contributed by atoms with Crippen LogP contribution >= 0.6 is 11.8 Å². The standard InChI is InChI=1S/C44H51ClN8O4/c1-28-35(8-5-9-36(28)48-40-39-33(14-18-46-40)22-30(24-47-39)25-52-21-17-44(2,57)27-52)32-6-4-7-34(23-32)53(45)42(54)41-49-37-26-51(20-16-38(37)50(41)3)19-15-29-10-12-31(13-11-29)43(55)56/h4-9,14,18,22-24,29,31,57H,10-13,15-17,19-21,25-27H2,1-3H3,(H,46,48)(H,55,56). The monoisotopic (exact) mass is 790 g/mol. The molecule has 1 saturated carbocycles. The highest BCUT2D eigenvalue weighted by Gasteiger charge is 2.32. The van der Waals surface area contributed by atoms with Crippen LogP contribution in [0.3, 0.4) is 0 Å². The maximum atomic E-state index is 13.9. The molecule has 13 heteroatoms. The molecular weight excluding hydrogens is 740 g/mol. The van der Waals surface area contributed by atoms with E-state index in [0.717, 1.165) is 126 Å². The van der Waals surface area contributed by atoms with Gasteiger partial charge >= 0.3 is 11.9 Å². The van der Waals surface area contributed by atoms with Crippen LogP contribution in [-0.2, 0) is 31.4 Å². The average molecular weight is 791 g/mol. The van der Waals surface area contributed by atoms with Crippen molar-refractivity contribution in [3.05, 3.63) is 95.3 Å². The van der Waals surface area contributed by atoms with Crippen LogP contribution in [-0.4, -0.2) is 83.2 Å². The van der Waals surface area contributed by atoms with E-state index in [2.05, 4.69) is 39.2 Å². The van der Waals surface area contributed by atoms with Gasteiger partial charge < -0.3 is 20.1 Å². The van der Waals surface area contributed by atoms with Gasteiger partial charge in [0.15, 0.2) is 5.82 Å². The lowest BCUT2D eigenvalue weighted by atomic mass is 9.80. The number of carboxylic acids is 1. The zero-order valence-electron chi connectivity index (χ0n) is 32.9. The minimum atomic E-state index is -0.663. The lowest BCUT2D eigenvalue weighted by Gasteiger charge is -2.30. The van der Waals surface area contributed by atoms with Crippen molar-refractivity contribution in [3.8, 4) is 11.1 Å². The van der Waals surface area contributed by atoms with Gasteiger partial charge in [0.05, 0.1) is 22.9 Å². The molecule has 3 aromatic heterocycles. The van der Waals surface area contributed by atoms with Crippen LogP contribution in [0.4, 0.5) is 17.2 Å². The second-order valence-corrected chi connectivity index (χ2v) is 16.9. The van der Waals surface area contributed by atoms with E-state index in [9.17, 15) is 19.8 Å². The Bertz CT molecular complexity index is 2300. The third kappa shape index (κ3) is 8.41. The highest BCUT2D eigenvalue weighted by molar-refractivity contribution is 6.38. The van der Waals surface area contributed by atoms with Gasteiger partial charge in [-0.15, -0.1) is 0 Å². The first-order chi connectivity index (χ1) is 27.4. The second kappa shape index (κ2) is 16.2. The number of nitrogens with zero attached hydrogens (tertiary/aromatic N) is 7. The molecule has 0 spiro atoms. The summed E-state index contributed by atoms with van der Waals surface area (Å²) < 4.78 is 3.04. The van der Waals surface area contributed by atoms with Crippen molar-refractivity contribution in [3.63, 3.8) is 0 Å². The fourth-order valence-electron chi connectivity index (χ4n) is 8.96. The van der Waals surface area contributed by atoms with Crippen LogP contribution in [0.1, 0.15) is 78.6 Å². The minimum Gasteiger partial charge on any atom is -0.481 e. The van der Waals surface area contributed by atoms with Crippen molar-refractivity contribution in [1.29, 1.82) is 0 Å². The fraction of sp³-hybridized carbons (Fsp3) is 0.432. The number of fused-ring (bicyclic) bond motifs is 2. The molecule has 3 N–H and O–H groups in total. The largest absolute Gasteiger partial charge is 0.481 e. The van der Waals surface area contributed by atoms with E-state index in [1.54, 1.807) is 6.20 Å². The van der Waals surface area contributed by atoms with Crippen LogP contribution in [0.15, 0.2) is 67.0 Å². The Hall–Kier alpha value is -4.88. The smallest absolute Gasteiger partial charge is 0.308 e. The number of imidazole rings is 1. The Morgan fingerprint density at radius 1 is 1.04 bits per heavy atom. The van der Waals surface area contributed by atoms with Crippen LogP contribution < -0.4 is 9.74 Å². The number of carbonyl (C=O) groups excluding carboxylic acids is 1. The molecule has 3 aliphatic rings. The van der Waals surface area contributed by atoms with E-state index in [1.165, 1.54) is 0 Å². The highest BCUT2D eigenvalue weighted by atomic mass is 35.5. The number of amides is 1. The van der Waals surface area contributed by atoms with Crippen molar-refractivity contribution in [2.45, 2.75) is 77.5 Å². The molecule has 8 rings (SSSR count). The molecule has 57 heavy (non-hydrogen) atoms. The molecule has 1 unspecified atom stereocenters. The van der Waals surface area contributed by atoms with Crippen molar-refractivity contribution in [1.82, 2.24) is 29.3 Å². The highest BCUT2D eigenvalue weighted by Crippen LogP contribution is 2.35. The summed E-state index contributed by atoms with van der Waals surface area (Å²) in [5.74, 6) is 0.294. The van der Waals surface area contributed by atoms with Gasteiger partial charge in [0.1, 0.15) is 5.52 Å². The summed E-state index contributed by atoms with van der Waals surface area (Å²) in [5.41, 5.74) is 7.54. The number of halogens is 1. The molecule has 0 radical (unpaired) electrons. The van der Waals surface area contributed by atoms with E-state index >= 15 is 0 Å². The van der Waals surface area contributed by atoms with Crippen molar-refractivity contribution >= 4 is 51.7 Å². The number of carbonyl (C=O) groups is 2. The summed E-state index contributed by atoms with van der Waals surface area (Å²) in [4.78, 5) is 44.2. The molecule has 1 atom stereocenters. The molecule has 2 fully saturated rings. The number of rotatable bonds is 11.